The van der Waals surface area contributed by atoms with Crippen LogP contribution in [0.1, 0.15) is 51.0 Å². The van der Waals surface area contributed by atoms with E-state index in [-0.39, 0.29) is 5.91 Å². The van der Waals surface area contributed by atoms with Crippen molar-refractivity contribution in [1.82, 2.24) is 15.3 Å². The maximum Gasteiger partial charge on any atom is 0.220 e. The molecule has 0 atom stereocenters. The van der Waals surface area contributed by atoms with Crippen LogP contribution >= 0.6 is 0 Å². The summed E-state index contributed by atoms with van der Waals surface area (Å²) in [4.78, 5) is 19.9. The summed E-state index contributed by atoms with van der Waals surface area (Å²) in [5.74, 6) is 1.76. The van der Waals surface area contributed by atoms with E-state index < -0.39 is 0 Å². The number of H-pyrrole nitrogens is 1. The van der Waals surface area contributed by atoms with Gasteiger partial charge in [-0.05, 0) is 24.1 Å². The van der Waals surface area contributed by atoms with Crippen LogP contribution in [0.2, 0.25) is 0 Å². The van der Waals surface area contributed by atoms with Gasteiger partial charge < -0.3 is 15.0 Å². The van der Waals surface area contributed by atoms with Gasteiger partial charge in [0, 0.05) is 24.1 Å². The highest BCUT2D eigenvalue weighted by Crippen LogP contribution is 2.25. The van der Waals surface area contributed by atoms with Crippen LogP contribution in [0.25, 0.3) is 22.6 Å². The predicted molar refractivity (Wildman–Crippen MR) is 121 cm³/mol. The van der Waals surface area contributed by atoms with E-state index in [2.05, 4.69) is 22.2 Å². The summed E-state index contributed by atoms with van der Waals surface area (Å²) in [6.07, 6.45) is 8.25. The fourth-order valence-electron chi connectivity index (χ4n) is 3.36. The van der Waals surface area contributed by atoms with Gasteiger partial charge in [0.2, 0.25) is 5.91 Å². The number of amides is 1. The Morgan fingerprint density at radius 3 is 2.60 bits per heavy atom. The molecule has 1 aromatic heterocycles. The van der Waals surface area contributed by atoms with E-state index in [0.717, 1.165) is 46.8 Å². The van der Waals surface area contributed by atoms with E-state index in [1.54, 1.807) is 7.11 Å². The second kappa shape index (κ2) is 11.2. The molecule has 2 N–H and O–H groups in total. The van der Waals surface area contributed by atoms with Crippen molar-refractivity contribution in [3.05, 3.63) is 60.3 Å². The van der Waals surface area contributed by atoms with E-state index in [0.29, 0.717) is 13.0 Å². The van der Waals surface area contributed by atoms with Gasteiger partial charge in [-0.3, -0.25) is 4.79 Å². The monoisotopic (exact) mass is 405 g/mol. The van der Waals surface area contributed by atoms with Crippen molar-refractivity contribution in [3.8, 4) is 28.4 Å². The van der Waals surface area contributed by atoms with Gasteiger partial charge >= 0.3 is 0 Å². The highest BCUT2D eigenvalue weighted by Gasteiger charge is 2.07. The van der Waals surface area contributed by atoms with Crippen LogP contribution in [0.15, 0.2) is 54.7 Å². The molecule has 0 radical (unpaired) electrons. The predicted octanol–water partition coefficient (Wildman–Crippen LogP) is 5.73. The first-order valence-corrected chi connectivity index (χ1v) is 10.7. The third-order valence-electron chi connectivity index (χ3n) is 5.18. The number of hydrogen-bond donors (Lipinski definition) is 2. The lowest BCUT2D eigenvalue weighted by atomic mass is 10.1. The smallest absolute Gasteiger partial charge is 0.220 e. The van der Waals surface area contributed by atoms with Crippen molar-refractivity contribution in [2.24, 2.45) is 0 Å². The fourth-order valence-corrected chi connectivity index (χ4v) is 3.36. The molecule has 30 heavy (non-hydrogen) atoms. The Hall–Kier alpha value is -3.08. The fraction of sp³-hybridized carbons (Fsp3) is 0.360. The third-order valence-corrected chi connectivity index (χ3v) is 5.18. The van der Waals surface area contributed by atoms with Gasteiger partial charge in [-0.2, -0.15) is 0 Å². The van der Waals surface area contributed by atoms with Crippen molar-refractivity contribution in [2.75, 3.05) is 7.11 Å². The zero-order chi connectivity index (χ0) is 21.2. The molecular formula is C25H31N3O2. The summed E-state index contributed by atoms with van der Waals surface area (Å²) >= 11 is 0. The number of benzene rings is 2. The highest BCUT2D eigenvalue weighted by atomic mass is 16.5. The number of carbonyl (C=O) groups excluding carboxylic acids is 1. The van der Waals surface area contributed by atoms with Crippen LogP contribution in [-0.2, 0) is 11.3 Å². The summed E-state index contributed by atoms with van der Waals surface area (Å²) < 4.78 is 5.29. The van der Waals surface area contributed by atoms with Gasteiger partial charge in [0.1, 0.15) is 11.6 Å². The number of rotatable bonds is 11. The Balaban J connectivity index is 1.52. The molecule has 0 fully saturated rings. The van der Waals surface area contributed by atoms with Crippen LogP contribution in [0.3, 0.4) is 0 Å². The van der Waals surface area contributed by atoms with Crippen molar-refractivity contribution in [2.45, 2.75) is 52.0 Å². The Bertz CT molecular complexity index is 932. The number of nitrogens with one attached hydrogen (secondary N) is 2. The van der Waals surface area contributed by atoms with Gasteiger partial charge in [-0.25, -0.2) is 4.98 Å². The molecule has 0 aliphatic heterocycles. The lowest BCUT2D eigenvalue weighted by molar-refractivity contribution is -0.121. The van der Waals surface area contributed by atoms with E-state index in [4.69, 9.17) is 4.74 Å². The molecule has 5 heteroatoms. The Kier molecular flexibility index (Phi) is 8.07. The topological polar surface area (TPSA) is 67.0 Å². The molecule has 2 aromatic carbocycles. The van der Waals surface area contributed by atoms with E-state index in [9.17, 15) is 4.79 Å². The number of aromatic nitrogens is 2. The first-order valence-electron chi connectivity index (χ1n) is 10.7. The average molecular weight is 406 g/mol. The molecule has 1 amide bonds. The number of unbranched alkanes of at least 4 members (excludes halogenated alkanes) is 4. The van der Waals surface area contributed by atoms with Crippen LogP contribution in [0.4, 0.5) is 0 Å². The largest absolute Gasteiger partial charge is 0.497 e. The molecule has 3 aromatic rings. The third kappa shape index (κ3) is 6.21. The molecule has 0 saturated heterocycles. The quantitative estimate of drug-likeness (QED) is 0.400. The maximum atomic E-state index is 12.0. The summed E-state index contributed by atoms with van der Waals surface area (Å²) in [6, 6.07) is 16.0. The van der Waals surface area contributed by atoms with Crippen molar-refractivity contribution >= 4 is 5.91 Å². The normalized spacial score (nSPS) is 10.7. The number of ether oxygens (including phenoxy) is 1. The van der Waals surface area contributed by atoms with Gasteiger partial charge in [-0.15, -0.1) is 0 Å². The minimum Gasteiger partial charge on any atom is -0.497 e. The van der Waals surface area contributed by atoms with Crippen molar-refractivity contribution in [1.29, 1.82) is 0 Å². The molecule has 0 unspecified atom stereocenters. The second-order valence-electron chi connectivity index (χ2n) is 7.52. The molecule has 158 valence electrons. The molecule has 0 spiro atoms. The number of aromatic amines is 1. The van der Waals surface area contributed by atoms with Gasteiger partial charge in [0.15, 0.2) is 0 Å². The standard InChI is InChI=1S/C25H31N3O2/c1-3-4-5-6-7-11-24(29)26-17-19-12-14-20(15-13-19)25-27-18-23(28-25)21-9-8-10-22(16-21)30-2/h8-10,12-16,18H,3-7,11,17H2,1-2H3,(H,26,29)(H,27,28). The van der Waals surface area contributed by atoms with Crippen LogP contribution < -0.4 is 10.1 Å². The first kappa shape index (κ1) is 21.6. The van der Waals surface area contributed by atoms with Crippen LogP contribution in [0.5, 0.6) is 5.75 Å². The van der Waals surface area contributed by atoms with Crippen LogP contribution in [0, 0.1) is 0 Å². The van der Waals surface area contributed by atoms with Gasteiger partial charge in [-0.1, -0.05) is 69.0 Å². The molecule has 1 heterocycles. The maximum absolute atomic E-state index is 12.0. The highest BCUT2D eigenvalue weighted by molar-refractivity contribution is 5.75. The summed E-state index contributed by atoms with van der Waals surface area (Å²) in [7, 11) is 1.66. The second-order valence-corrected chi connectivity index (χ2v) is 7.52. The summed E-state index contributed by atoms with van der Waals surface area (Å²) in [6.45, 7) is 2.75. The molecule has 0 bridgehead atoms. The average Bonchev–Trinajstić information content (AvgIpc) is 3.28. The molecule has 0 aliphatic rings. The van der Waals surface area contributed by atoms with Crippen molar-refractivity contribution in [3.63, 3.8) is 0 Å². The number of imidazole rings is 1. The Morgan fingerprint density at radius 2 is 1.83 bits per heavy atom. The SMILES string of the molecule is CCCCCCCC(=O)NCc1ccc(-c2ncc(-c3cccc(OC)c3)[nH]2)cc1. The van der Waals surface area contributed by atoms with E-state index >= 15 is 0 Å². The molecule has 5 nitrogen and oxygen atoms in total. The Morgan fingerprint density at radius 1 is 1.03 bits per heavy atom. The molecular weight excluding hydrogens is 374 g/mol. The zero-order valence-electron chi connectivity index (χ0n) is 17.9. The molecule has 0 aliphatic carbocycles. The number of methoxy groups -OCH3 is 1. The van der Waals surface area contributed by atoms with Gasteiger partial charge in [0.25, 0.3) is 0 Å². The summed E-state index contributed by atoms with van der Waals surface area (Å²) in [5.41, 5.74) is 4.06. The van der Waals surface area contributed by atoms with E-state index in [1.807, 2.05) is 54.7 Å². The molecule has 0 saturated carbocycles. The van der Waals surface area contributed by atoms with Crippen molar-refractivity contribution < 1.29 is 9.53 Å². The lowest BCUT2D eigenvalue weighted by Gasteiger charge is -2.06. The minimum atomic E-state index is 0.129. The zero-order valence-corrected chi connectivity index (χ0v) is 17.9. The molecule has 3 rings (SSSR count). The number of nitrogens with zero attached hydrogens (tertiary/aromatic N) is 1. The summed E-state index contributed by atoms with van der Waals surface area (Å²) in [5, 5.41) is 3.01. The Labute approximate surface area is 178 Å². The number of hydrogen-bond acceptors (Lipinski definition) is 3. The number of carbonyl (C=O) groups is 1. The van der Waals surface area contributed by atoms with Gasteiger partial charge in [0.05, 0.1) is 19.0 Å². The van der Waals surface area contributed by atoms with E-state index in [1.165, 1.54) is 19.3 Å². The minimum absolute atomic E-state index is 0.129. The lowest BCUT2D eigenvalue weighted by Crippen LogP contribution is -2.22. The van der Waals surface area contributed by atoms with Crippen LogP contribution in [-0.4, -0.2) is 23.0 Å². The first-order chi connectivity index (χ1) is 14.7.